The number of thiophene rings is 1. The first-order chi connectivity index (χ1) is 10.5. The Hall–Kier alpha value is -1.66. The van der Waals surface area contributed by atoms with Gasteiger partial charge in [0.25, 0.3) is 0 Å². The predicted octanol–water partition coefficient (Wildman–Crippen LogP) is 3.13. The first-order valence-corrected chi connectivity index (χ1v) is 8.34. The number of hydrogen-bond donors (Lipinski definition) is 2. The van der Waals surface area contributed by atoms with Crippen LogP contribution in [0.2, 0.25) is 0 Å². The molecule has 2 heterocycles. The van der Waals surface area contributed by atoms with E-state index in [2.05, 4.69) is 22.5 Å². The summed E-state index contributed by atoms with van der Waals surface area (Å²) in [5.41, 5.74) is 0.449. The van der Waals surface area contributed by atoms with Crippen LogP contribution in [-0.2, 0) is 18.4 Å². The Morgan fingerprint density at radius 3 is 2.68 bits per heavy atom. The number of rotatable bonds is 8. The molecular formula is C16H23N3O2S. The van der Waals surface area contributed by atoms with Gasteiger partial charge in [-0.3, -0.25) is 9.48 Å². The largest absolute Gasteiger partial charge is 0.481 e. The summed E-state index contributed by atoms with van der Waals surface area (Å²) in [4.78, 5) is 13.9. The highest BCUT2D eigenvalue weighted by atomic mass is 32.1. The van der Waals surface area contributed by atoms with Crippen molar-refractivity contribution in [1.29, 1.82) is 0 Å². The van der Waals surface area contributed by atoms with Crippen LogP contribution in [0.15, 0.2) is 24.5 Å². The molecule has 0 aliphatic carbocycles. The molecule has 0 amide bonds. The van der Waals surface area contributed by atoms with Crippen LogP contribution in [0, 0.1) is 5.41 Å². The van der Waals surface area contributed by atoms with Gasteiger partial charge < -0.3 is 10.4 Å². The maximum absolute atomic E-state index is 11.5. The standard InChI is InChI=1S/C16H23N3O2S/c1-4-16(5-2,15(20)21)11-17-9-13-6-7-14(22-13)12-8-18-19(3)10-12/h6-8,10,17H,4-5,9,11H2,1-3H3,(H,20,21). The predicted molar refractivity (Wildman–Crippen MR) is 88.9 cm³/mol. The summed E-state index contributed by atoms with van der Waals surface area (Å²) in [7, 11) is 1.90. The van der Waals surface area contributed by atoms with Crippen molar-refractivity contribution in [2.45, 2.75) is 33.2 Å². The summed E-state index contributed by atoms with van der Waals surface area (Å²) in [6.07, 6.45) is 5.12. The molecule has 0 aliphatic heterocycles. The Labute approximate surface area is 135 Å². The summed E-state index contributed by atoms with van der Waals surface area (Å²) in [6, 6.07) is 4.17. The van der Waals surface area contributed by atoms with Crippen LogP contribution in [0.3, 0.4) is 0 Å². The molecule has 2 rings (SSSR count). The van der Waals surface area contributed by atoms with Crippen LogP contribution in [0.25, 0.3) is 10.4 Å². The van der Waals surface area contributed by atoms with E-state index in [9.17, 15) is 9.90 Å². The second-order valence-corrected chi connectivity index (χ2v) is 6.73. The van der Waals surface area contributed by atoms with Crippen molar-refractivity contribution in [2.24, 2.45) is 12.5 Å². The van der Waals surface area contributed by atoms with Crippen molar-refractivity contribution < 1.29 is 9.90 Å². The fourth-order valence-electron chi connectivity index (χ4n) is 2.48. The zero-order valence-corrected chi connectivity index (χ0v) is 14.1. The molecule has 6 heteroatoms. The summed E-state index contributed by atoms with van der Waals surface area (Å²) in [6.45, 7) is 5.06. The molecule has 0 saturated heterocycles. The average Bonchev–Trinajstić information content (AvgIpc) is 3.12. The van der Waals surface area contributed by atoms with Crippen LogP contribution in [0.1, 0.15) is 31.6 Å². The molecule has 0 fully saturated rings. The molecule has 0 aromatic carbocycles. The third kappa shape index (κ3) is 3.56. The van der Waals surface area contributed by atoms with Crippen LogP contribution in [0.4, 0.5) is 0 Å². The molecule has 0 aliphatic rings. The van der Waals surface area contributed by atoms with E-state index in [1.54, 1.807) is 16.0 Å². The van der Waals surface area contributed by atoms with Crippen molar-refractivity contribution in [3.05, 3.63) is 29.4 Å². The summed E-state index contributed by atoms with van der Waals surface area (Å²) in [5.74, 6) is -0.716. The number of hydrogen-bond acceptors (Lipinski definition) is 4. The molecule has 0 bridgehead atoms. The zero-order valence-electron chi connectivity index (χ0n) is 13.3. The first-order valence-electron chi connectivity index (χ1n) is 7.52. The first kappa shape index (κ1) is 16.7. The lowest BCUT2D eigenvalue weighted by atomic mass is 9.82. The van der Waals surface area contributed by atoms with E-state index in [4.69, 9.17) is 0 Å². The molecule has 2 aromatic heterocycles. The highest BCUT2D eigenvalue weighted by molar-refractivity contribution is 7.15. The molecule has 5 nitrogen and oxygen atoms in total. The second kappa shape index (κ2) is 7.07. The molecule has 0 spiro atoms. The van der Waals surface area contributed by atoms with Gasteiger partial charge in [0.2, 0.25) is 0 Å². The molecule has 0 atom stereocenters. The lowest BCUT2D eigenvalue weighted by Crippen LogP contribution is -2.39. The topological polar surface area (TPSA) is 67.2 Å². The SMILES string of the molecule is CCC(CC)(CNCc1ccc(-c2cnn(C)c2)s1)C(=O)O. The summed E-state index contributed by atoms with van der Waals surface area (Å²) in [5, 5.41) is 16.9. The van der Waals surface area contributed by atoms with Gasteiger partial charge in [-0.25, -0.2) is 0 Å². The molecule has 0 radical (unpaired) electrons. The number of carboxylic acids is 1. The number of aliphatic carboxylic acids is 1. The molecule has 2 aromatic rings. The van der Waals surface area contributed by atoms with Gasteiger partial charge in [-0.15, -0.1) is 11.3 Å². The fraction of sp³-hybridized carbons (Fsp3) is 0.500. The van der Waals surface area contributed by atoms with Crippen molar-refractivity contribution in [3.8, 4) is 10.4 Å². The Kier molecular flexibility index (Phi) is 5.37. The molecule has 22 heavy (non-hydrogen) atoms. The lowest BCUT2D eigenvalue weighted by molar-refractivity contribution is -0.149. The number of carbonyl (C=O) groups is 1. The van der Waals surface area contributed by atoms with Gasteiger partial charge in [0, 0.05) is 41.7 Å². The van der Waals surface area contributed by atoms with Gasteiger partial charge >= 0.3 is 5.97 Å². The second-order valence-electron chi connectivity index (χ2n) is 5.56. The molecular weight excluding hydrogens is 298 g/mol. The average molecular weight is 321 g/mol. The maximum Gasteiger partial charge on any atom is 0.310 e. The Bertz CT molecular complexity index is 629. The number of aryl methyl sites for hydroxylation is 1. The molecule has 0 saturated carbocycles. The minimum Gasteiger partial charge on any atom is -0.481 e. The lowest BCUT2D eigenvalue weighted by Gasteiger charge is -2.26. The van der Waals surface area contributed by atoms with E-state index in [1.807, 2.05) is 33.3 Å². The quantitative estimate of drug-likeness (QED) is 0.784. The van der Waals surface area contributed by atoms with E-state index in [-0.39, 0.29) is 0 Å². The third-order valence-corrected chi connectivity index (χ3v) is 5.36. The van der Waals surface area contributed by atoms with E-state index in [0.29, 0.717) is 25.9 Å². The number of nitrogens with zero attached hydrogens (tertiary/aromatic N) is 2. The van der Waals surface area contributed by atoms with Gasteiger partial charge in [0.05, 0.1) is 11.6 Å². The van der Waals surface area contributed by atoms with E-state index >= 15 is 0 Å². The normalized spacial score (nSPS) is 11.8. The molecule has 2 N–H and O–H groups in total. The monoisotopic (exact) mass is 321 g/mol. The van der Waals surface area contributed by atoms with E-state index in [1.165, 1.54) is 9.75 Å². The molecule has 0 unspecified atom stereocenters. The summed E-state index contributed by atoms with van der Waals surface area (Å²) >= 11 is 1.71. The van der Waals surface area contributed by atoms with Crippen LogP contribution in [0.5, 0.6) is 0 Å². The van der Waals surface area contributed by atoms with Gasteiger partial charge in [-0.1, -0.05) is 13.8 Å². The minimum absolute atomic E-state index is 0.495. The van der Waals surface area contributed by atoms with Gasteiger partial charge in [-0.2, -0.15) is 5.10 Å². The van der Waals surface area contributed by atoms with Gasteiger partial charge in [0.15, 0.2) is 0 Å². The zero-order chi connectivity index (χ0) is 16.2. The van der Waals surface area contributed by atoms with Crippen LogP contribution >= 0.6 is 11.3 Å². The van der Waals surface area contributed by atoms with Gasteiger partial charge in [-0.05, 0) is 25.0 Å². The third-order valence-electron chi connectivity index (χ3n) is 4.22. The highest BCUT2D eigenvalue weighted by Gasteiger charge is 2.34. The number of nitrogens with one attached hydrogen (secondary N) is 1. The molecule has 120 valence electrons. The van der Waals surface area contributed by atoms with Crippen LogP contribution in [-0.4, -0.2) is 27.4 Å². The Morgan fingerprint density at radius 2 is 2.14 bits per heavy atom. The minimum atomic E-state index is -0.716. The maximum atomic E-state index is 11.5. The smallest absolute Gasteiger partial charge is 0.310 e. The van der Waals surface area contributed by atoms with Crippen molar-refractivity contribution in [1.82, 2.24) is 15.1 Å². The number of carboxylic acid groups (broad SMARTS) is 1. The van der Waals surface area contributed by atoms with Crippen LogP contribution < -0.4 is 5.32 Å². The highest BCUT2D eigenvalue weighted by Crippen LogP contribution is 2.29. The summed E-state index contributed by atoms with van der Waals surface area (Å²) < 4.78 is 1.79. The fourth-order valence-corrected chi connectivity index (χ4v) is 3.43. The van der Waals surface area contributed by atoms with Crippen molar-refractivity contribution in [2.75, 3.05) is 6.54 Å². The van der Waals surface area contributed by atoms with Crippen molar-refractivity contribution >= 4 is 17.3 Å². The van der Waals surface area contributed by atoms with E-state index < -0.39 is 11.4 Å². The van der Waals surface area contributed by atoms with E-state index in [0.717, 1.165) is 5.56 Å². The van der Waals surface area contributed by atoms with Gasteiger partial charge in [0.1, 0.15) is 0 Å². The van der Waals surface area contributed by atoms with Crippen molar-refractivity contribution in [3.63, 3.8) is 0 Å². The Balaban J connectivity index is 1.95. The Morgan fingerprint density at radius 1 is 1.41 bits per heavy atom. The number of aromatic nitrogens is 2.